The number of nitrogens with one attached hydrogen (secondary N) is 2. The van der Waals surface area contributed by atoms with Gasteiger partial charge in [-0.2, -0.15) is 0 Å². The van der Waals surface area contributed by atoms with Crippen molar-refractivity contribution in [3.63, 3.8) is 0 Å². The fourth-order valence-corrected chi connectivity index (χ4v) is 2.93. The Morgan fingerprint density at radius 1 is 1.43 bits per heavy atom. The van der Waals surface area contributed by atoms with Crippen LogP contribution in [0.3, 0.4) is 0 Å². The third-order valence-corrected chi connectivity index (χ3v) is 4.12. The summed E-state index contributed by atoms with van der Waals surface area (Å²) in [5.74, 6) is -1.29. The Bertz CT molecular complexity index is 800. The lowest BCUT2D eigenvalue weighted by atomic mass is 10.1. The molecule has 7 nitrogen and oxygen atoms in total. The van der Waals surface area contributed by atoms with E-state index in [2.05, 4.69) is 26.6 Å². The highest BCUT2D eigenvalue weighted by atomic mass is 79.9. The van der Waals surface area contributed by atoms with Gasteiger partial charge < -0.3 is 19.8 Å². The molecule has 0 spiro atoms. The third kappa shape index (κ3) is 3.07. The van der Waals surface area contributed by atoms with E-state index >= 15 is 0 Å². The minimum atomic E-state index is -0.902. The van der Waals surface area contributed by atoms with Crippen molar-refractivity contribution < 1.29 is 23.5 Å². The number of esters is 1. The summed E-state index contributed by atoms with van der Waals surface area (Å²) < 4.78 is 11.2. The summed E-state index contributed by atoms with van der Waals surface area (Å²) in [7, 11) is 0. The zero-order chi connectivity index (χ0) is 16.6. The molecule has 0 saturated carbocycles. The van der Waals surface area contributed by atoms with Gasteiger partial charge in [-0.1, -0.05) is 0 Å². The van der Waals surface area contributed by atoms with Crippen LogP contribution in [0.4, 0.5) is 0 Å². The van der Waals surface area contributed by atoms with E-state index in [4.69, 9.17) is 9.15 Å². The maximum absolute atomic E-state index is 12.3. The van der Waals surface area contributed by atoms with Crippen LogP contribution in [-0.4, -0.2) is 36.5 Å². The SMILES string of the molecule is CC(OC(=O)c1cc(Br)c2occc2c1)C1NC(=O)CNC1=O. The molecule has 1 aromatic carbocycles. The van der Waals surface area contributed by atoms with Crippen molar-refractivity contribution in [2.45, 2.75) is 19.1 Å². The Morgan fingerprint density at radius 2 is 2.22 bits per heavy atom. The fourth-order valence-electron chi connectivity index (χ4n) is 2.36. The van der Waals surface area contributed by atoms with Gasteiger partial charge in [-0.15, -0.1) is 0 Å². The molecule has 1 fully saturated rings. The maximum Gasteiger partial charge on any atom is 0.338 e. The van der Waals surface area contributed by atoms with Crippen molar-refractivity contribution >= 4 is 44.7 Å². The molecular formula is C15H13BrN2O5. The molecular weight excluding hydrogens is 368 g/mol. The number of ether oxygens (including phenoxy) is 1. The number of carbonyl (C=O) groups excluding carboxylic acids is 3. The van der Waals surface area contributed by atoms with E-state index in [9.17, 15) is 14.4 Å². The molecule has 0 radical (unpaired) electrons. The summed E-state index contributed by atoms with van der Waals surface area (Å²) >= 11 is 3.33. The van der Waals surface area contributed by atoms with Crippen molar-refractivity contribution in [1.29, 1.82) is 0 Å². The Morgan fingerprint density at radius 3 is 3.00 bits per heavy atom. The molecule has 2 heterocycles. The van der Waals surface area contributed by atoms with Gasteiger partial charge in [0, 0.05) is 5.39 Å². The molecule has 1 saturated heterocycles. The predicted octanol–water partition coefficient (Wildman–Crippen LogP) is 1.36. The van der Waals surface area contributed by atoms with E-state index in [1.165, 1.54) is 6.26 Å². The minimum absolute atomic E-state index is 0.0693. The molecule has 8 heteroatoms. The van der Waals surface area contributed by atoms with Crippen LogP contribution in [0.5, 0.6) is 0 Å². The Balaban J connectivity index is 1.77. The predicted molar refractivity (Wildman–Crippen MR) is 83.7 cm³/mol. The molecule has 120 valence electrons. The molecule has 23 heavy (non-hydrogen) atoms. The van der Waals surface area contributed by atoms with Gasteiger partial charge in [0.25, 0.3) is 0 Å². The normalized spacial score (nSPS) is 19.1. The summed E-state index contributed by atoms with van der Waals surface area (Å²) in [5.41, 5.74) is 0.952. The highest BCUT2D eigenvalue weighted by Crippen LogP contribution is 2.27. The number of fused-ring (bicyclic) bond motifs is 1. The van der Waals surface area contributed by atoms with Gasteiger partial charge in [-0.05, 0) is 41.1 Å². The van der Waals surface area contributed by atoms with Crippen molar-refractivity contribution in [3.8, 4) is 0 Å². The van der Waals surface area contributed by atoms with Gasteiger partial charge in [0.15, 0.2) is 0 Å². The highest BCUT2D eigenvalue weighted by molar-refractivity contribution is 9.10. The fraction of sp³-hybridized carbons (Fsp3) is 0.267. The smallest absolute Gasteiger partial charge is 0.338 e. The number of hydrogen-bond donors (Lipinski definition) is 2. The first-order valence-corrected chi connectivity index (χ1v) is 7.70. The number of furan rings is 1. The summed E-state index contributed by atoms with van der Waals surface area (Å²) in [6.45, 7) is 1.49. The lowest BCUT2D eigenvalue weighted by Crippen LogP contribution is -2.60. The topological polar surface area (TPSA) is 97.6 Å². The standard InChI is InChI=1S/C15H13BrN2O5/c1-7(12-14(20)17-6-11(19)18-12)23-15(21)9-4-8-2-3-22-13(8)10(16)5-9/h2-5,7,12H,6H2,1H3,(H,17,20)(H,18,19). The van der Waals surface area contributed by atoms with Gasteiger partial charge in [-0.25, -0.2) is 4.79 Å². The molecule has 1 aliphatic heterocycles. The average Bonchev–Trinajstić information content (AvgIpc) is 2.98. The van der Waals surface area contributed by atoms with E-state index in [-0.39, 0.29) is 18.4 Å². The Labute approximate surface area is 139 Å². The number of rotatable bonds is 3. The molecule has 0 aliphatic carbocycles. The lowest BCUT2D eigenvalue weighted by molar-refractivity contribution is -0.136. The number of carbonyl (C=O) groups is 3. The monoisotopic (exact) mass is 380 g/mol. The summed E-state index contributed by atoms with van der Waals surface area (Å²) in [6.07, 6.45) is 0.722. The second-order valence-corrected chi connectivity index (χ2v) is 6.02. The molecule has 2 aromatic rings. The van der Waals surface area contributed by atoms with Crippen LogP contribution >= 0.6 is 15.9 Å². The van der Waals surface area contributed by atoms with Gasteiger partial charge >= 0.3 is 5.97 Å². The van der Waals surface area contributed by atoms with Gasteiger partial charge in [0.1, 0.15) is 17.7 Å². The van der Waals surface area contributed by atoms with Crippen LogP contribution in [0.15, 0.2) is 33.4 Å². The number of hydrogen-bond acceptors (Lipinski definition) is 5. The molecule has 1 aromatic heterocycles. The summed E-state index contributed by atoms with van der Waals surface area (Å²) in [6, 6.07) is 4.05. The van der Waals surface area contributed by atoms with Crippen LogP contribution in [-0.2, 0) is 14.3 Å². The maximum atomic E-state index is 12.3. The van der Waals surface area contributed by atoms with E-state index in [0.717, 1.165) is 5.39 Å². The minimum Gasteiger partial charge on any atom is -0.463 e. The quantitative estimate of drug-likeness (QED) is 0.783. The first-order valence-electron chi connectivity index (χ1n) is 6.90. The van der Waals surface area contributed by atoms with E-state index in [0.29, 0.717) is 15.6 Å². The summed E-state index contributed by atoms with van der Waals surface area (Å²) in [5, 5.41) is 5.70. The van der Waals surface area contributed by atoms with Crippen molar-refractivity contribution in [2.24, 2.45) is 0 Å². The van der Waals surface area contributed by atoms with Gasteiger partial charge in [0.2, 0.25) is 11.8 Å². The van der Waals surface area contributed by atoms with E-state index in [1.807, 2.05) is 0 Å². The first kappa shape index (κ1) is 15.5. The van der Waals surface area contributed by atoms with Crippen molar-refractivity contribution in [1.82, 2.24) is 10.6 Å². The average molecular weight is 381 g/mol. The Kier molecular flexibility index (Phi) is 4.08. The van der Waals surface area contributed by atoms with Crippen LogP contribution < -0.4 is 10.6 Å². The van der Waals surface area contributed by atoms with Crippen LogP contribution in [0.2, 0.25) is 0 Å². The number of piperazine rings is 1. The molecule has 2 amide bonds. The lowest BCUT2D eigenvalue weighted by Gasteiger charge is -2.27. The third-order valence-electron chi connectivity index (χ3n) is 3.53. The number of benzene rings is 1. The van der Waals surface area contributed by atoms with Gasteiger partial charge in [-0.3, -0.25) is 9.59 Å². The molecule has 3 rings (SSSR count). The Hall–Kier alpha value is -2.35. The number of amides is 2. The second kappa shape index (κ2) is 6.04. The highest BCUT2D eigenvalue weighted by Gasteiger charge is 2.33. The largest absolute Gasteiger partial charge is 0.463 e. The molecule has 2 N–H and O–H groups in total. The molecule has 2 atom stereocenters. The van der Waals surface area contributed by atoms with E-state index < -0.39 is 18.1 Å². The van der Waals surface area contributed by atoms with E-state index in [1.54, 1.807) is 25.1 Å². The molecule has 2 unspecified atom stereocenters. The van der Waals surface area contributed by atoms with Crippen molar-refractivity contribution in [2.75, 3.05) is 6.54 Å². The zero-order valence-electron chi connectivity index (χ0n) is 12.1. The van der Waals surface area contributed by atoms with Crippen LogP contribution in [0.25, 0.3) is 11.0 Å². The summed E-state index contributed by atoms with van der Waals surface area (Å²) in [4.78, 5) is 35.4. The molecule has 0 bridgehead atoms. The molecule has 1 aliphatic rings. The zero-order valence-corrected chi connectivity index (χ0v) is 13.7. The van der Waals surface area contributed by atoms with Crippen molar-refractivity contribution in [3.05, 3.63) is 34.5 Å². The first-order chi connectivity index (χ1) is 11.0. The van der Waals surface area contributed by atoms with Crippen LogP contribution in [0, 0.1) is 0 Å². The number of halogens is 1. The van der Waals surface area contributed by atoms with Gasteiger partial charge in [0.05, 0.1) is 22.8 Å². The van der Waals surface area contributed by atoms with Crippen LogP contribution in [0.1, 0.15) is 17.3 Å². The second-order valence-electron chi connectivity index (χ2n) is 5.17.